The van der Waals surface area contributed by atoms with Crippen molar-refractivity contribution in [2.24, 2.45) is 5.73 Å². The van der Waals surface area contributed by atoms with Crippen molar-refractivity contribution < 1.29 is 0 Å². The third kappa shape index (κ3) is 2.98. The lowest BCUT2D eigenvalue weighted by atomic mass is 10.1. The van der Waals surface area contributed by atoms with Crippen LogP contribution in [0.25, 0.3) is 0 Å². The van der Waals surface area contributed by atoms with Gasteiger partial charge >= 0.3 is 0 Å². The summed E-state index contributed by atoms with van der Waals surface area (Å²) in [6, 6.07) is 3.55. The zero-order valence-electron chi connectivity index (χ0n) is 7.34. The molecule has 0 spiro atoms. The number of anilines is 1. The van der Waals surface area contributed by atoms with Gasteiger partial charge in [0.05, 0.1) is 5.69 Å². The smallest absolute Gasteiger partial charge is 0.0510 e. The normalized spacial score (nSPS) is 11.6. The minimum atomic E-state index is -0.228. The molecular formula is C9H11Br2ClN2. The first-order valence-electron chi connectivity index (χ1n) is 3.68. The van der Waals surface area contributed by atoms with Gasteiger partial charge in [0.2, 0.25) is 0 Å². The Labute approximate surface area is 106 Å². The lowest BCUT2D eigenvalue weighted by molar-refractivity contribution is 0.916. The molecule has 0 unspecified atom stereocenters. The van der Waals surface area contributed by atoms with Crippen LogP contribution in [0.4, 0.5) is 5.69 Å². The molecule has 0 fully saturated rings. The third-order valence-corrected chi connectivity index (χ3v) is 2.85. The van der Waals surface area contributed by atoms with Crippen LogP contribution in [0.15, 0.2) is 33.7 Å². The van der Waals surface area contributed by atoms with E-state index in [2.05, 4.69) is 38.4 Å². The number of hydrogen-bond donors (Lipinski definition) is 2. The summed E-state index contributed by atoms with van der Waals surface area (Å²) in [6.45, 7) is 3.63. The van der Waals surface area contributed by atoms with E-state index in [9.17, 15) is 0 Å². The van der Waals surface area contributed by atoms with E-state index in [4.69, 9.17) is 11.5 Å². The van der Waals surface area contributed by atoms with Crippen molar-refractivity contribution in [3.8, 4) is 0 Å². The van der Waals surface area contributed by atoms with Crippen LogP contribution in [-0.2, 0) is 0 Å². The van der Waals surface area contributed by atoms with Gasteiger partial charge in [-0.1, -0.05) is 22.0 Å². The van der Waals surface area contributed by atoms with Crippen LogP contribution in [0.3, 0.4) is 0 Å². The fraction of sp³-hybridized carbons (Fsp3) is 0.111. The molecule has 4 N–H and O–H groups in total. The van der Waals surface area contributed by atoms with E-state index in [0.717, 1.165) is 14.5 Å². The minimum absolute atomic E-state index is 0. The highest BCUT2D eigenvalue weighted by Gasteiger charge is 2.09. The van der Waals surface area contributed by atoms with Crippen molar-refractivity contribution in [3.05, 3.63) is 39.3 Å². The van der Waals surface area contributed by atoms with Crippen molar-refractivity contribution in [1.82, 2.24) is 0 Å². The second-order valence-corrected chi connectivity index (χ2v) is 4.42. The zero-order chi connectivity index (χ0) is 10.0. The molecule has 1 atom stereocenters. The number of nitrogen functional groups attached to an aromatic ring is 1. The molecule has 1 aromatic rings. The SMILES string of the molecule is C=C[C@H](N)c1cc(Br)cc(Br)c1N.Cl. The summed E-state index contributed by atoms with van der Waals surface area (Å²) >= 11 is 6.72. The zero-order valence-corrected chi connectivity index (χ0v) is 11.3. The molecule has 0 heterocycles. The summed E-state index contributed by atoms with van der Waals surface area (Å²) in [4.78, 5) is 0. The average molecular weight is 342 g/mol. The van der Waals surface area contributed by atoms with Crippen LogP contribution in [0, 0.1) is 0 Å². The molecule has 0 aliphatic rings. The molecule has 78 valence electrons. The van der Waals surface area contributed by atoms with E-state index in [1.807, 2.05) is 12.1 Å². The topological polar surface area (TPSA) is 52.0 Å². The van der Waals surface area contributed by atoms with Crippen molar-refractivity contribution in [2.75, 3.05) is 5.73 Å². The Kier molecular flexibility index (Phi) is 5.74. The van der Waals surface area contributed by atoms with Crippen LogP contribution in [0.2, 0.25) is 0 Å². The average Bonchev–Trinajstić information content (AvgIpc) is 2.10. The van der Waals surface area contributed by atoms with Gasteiger partial charge in [-0.15, -0.1) is 19.0 Å². The molecule has 0 saturated carbocycles. The lowest BCUT2D eigenvalue weighted by Crippen LogP contribution is -2.09. The maximum atomic E-state index is 5.83. The first-order valence-corrected chi connectivity index (χ1v) is 5.27. The molecule has 1 rings (SSSR count). The highest BCUT2D eigenvalue weighted by atomic mass is 79.9. The van der Waals surface area contributed by atoms with E-state index >= 15 is 0 Å². The first kappa shape index (κ1) is 14.0. The van der Waals surface area contributed by atoms with Crippen LogP contribution in [0.5, 0.6) is 0 Å². The Morgan fingerprint density at radius 1 is 1.36 bits per heavy atom. The van der Waals surface area contributed by atoms with Crippen molar-refractivity contribution in [2.45, 2.75) is 6.04 Å². The van der Waals surface area contributed by atoms with E-state index in [1.54, 1.807) is 6.08 Å². The molecule has 0 bridgehead atoms. The molecular weight excluding hydrogens is 331 g/mol. The predicted molar refractivity (Wildman–Crippen MR) is 70.6 cm³/mol. The summed E-state index contributed by atoms with van der Waals surface area (Å²) in [6.07, 6.45) is 1.66. The molecule has 0 amide bonds. The van der Waals surface area contributed by atoms with Crippen molar-refractivity contribution >= 4 is 50.0 Å². The molecule has 5 heteroatoms. The monoisotopic (exact) mass is 340 g/mol. The van der Waals surface area contributed by atoms with Gasteiger partial charge in [-0.05, 0) is 33.6 Å². The summed E-state index contributed by atoms with van der Waals surface area (Å²) in [5, 5.41) is 0. The fourth-order valence-corrected chi connectivity index (χ4v) is 2.27. The van der Waals surface area contributed by atoms with E-state index in [1.165, 1.54) is 0 Å². The number of hydrogen-bond acceptors (Lipinski definition) is 2. The third-order valence-electron chi connectivity index (χ3n) is 1.74. The van der Waals surface area contributed by atoms with E-state index < -0.39 is 0 Å². The molecule has 2 nitrogen and oxygen atoms in total. The lowest BCUT2D eigenvalue weighted by Gasteiger charge is -2.12. The summed E-state index contributed by atoms with van der Waals surface area (Å²) in [5.74, 6) is 0. The fourth-order valence-electron chi connectivity index (χ4n) is 1.01. The molecule has 14 heavy (non-hydrogen) atoms. The minimum Gasteiger partial charge on any atom is -0.398 e. The quantitative estimate of drug-likeness (QED) is 0.639. The van der Waals surface area contributed by atoms with Gasteiger partial charge in [0.25, 0.3) is 0 Å². The molecule has 1 aromatic carbocycles. The number of benzene rings is 1. The number of halogens is 3. The van der Waals surface area contributed by atoms with Gasteiger partial charge in [0.1, 0.15) is 0 Å². The van der Waals surface area contributed by atoms with Gasteiger partial charge in [-0.3, -0.25) is 0 Å². The van der Waals surface area contributed by atoms with Crippen LogP contribution in [0.1, 0.15) is 11.6 Å². The number of rotatable bonds is 2. The predicted octanol–water partition coefficient (Wildman–Crippen LogP) is 3.40. The highest BCUT2D eigenvalue weighted by molar-refractivity contribution is 9.11. The highest BCUT2D eigenvalue weighted by Crippen LogP contribution is 2.31. The Morgan fingerprint density at radius 3 is 2.43 bits per heavy atom. The van der Waals surface area contributed by atoms with Gasteiger partial charge in [-0.2, -0.15) is 0 Å². The van der Waals surface area contributed by atoms with Gasteiger partial charge in [-0.25, -0.2) is 0 Å². The van der Waals surface area contributed by atoms with Crippen molar-refractivity contribution in [3.63, 3.8) is 0 Å². The van der Waals surface area contributed by atoms with Gasteiger partial charge in [0.15, 0.2) is 0 Å². The summed E-state index contributed by atoms with van der Waals surface area (Å²) in [7, 11) is 0. The Bertz CT molecular complexity index is 342. The maximum absolute atomic E-state index is 5.83. The molecule has 0 aliphatic heterocycles. The maximum Gasteiger partial charge on any atom is 0.0510 e. The molecule has 0 aliphatic carbocycles. The summed E-state index contributed by atoms with van der Waals surface area (Å²) < 4.78 is 1.79. The Morgan fingerprint density at radius 2 is 1.93 bits per heavy atom. The summed E-state index contributed by atoms with van der Waals surface area (Å²) in [5.41, 5.74) is 13.2. The number of nitrogens with two attached hydrogens (primary N) is 2. The standard InChI is InChI=1S/C9H10Br2N2.ClH/c1-2-8(12)6-3-5(10)4-7(11)9(6)13;/h2-4,8H,1,12-13H2;1H/t8-;/m0./s1. The Hall–Kier alpha value is -0.0300. The second-order valence-electron chi connectivity index (χ2n) is 2.65. The van der Waals surface area contributed by atoms with Gasteiger partial charge in [0, 0.05) is 15.0 Å². The molecule has 0 aromatic heterocycles. The van der Waals surface area contributed by atoms with Crippen LogP contribution in [-0.4, -0.2) is 0 Å². The Balaban J connectivity index is 0.00000169. The van der Waals surface area contributed by atoms with Crippen LogP contribution < -0.4 is 11.5 Å². The first-order chi connectivity index (χ1) is 6.06. The second kappa shape index (κ2) is 5.75. The molecule has 0 saturated heterocycles. The van der Waals surface area contributed by atoms with E-state index in [0.29, 0.717) is 5.69 Å². The van der Waals surface area contributed by atoms with Crippen molar-refractivity contribution in [1.29, 1.82) is 0 Å². The van der Waals surface area contributed by atoms with E-state index in [-0.39, 0.29) is 18.4 Å². The largest absolute Gasteiger partial charge is 0.398 e. The molecule has 0 radical (unpaired) electrons. The van der Waals surface area contributed by atoms with Crippen LogP contribution >= 0.6 is 44.3 Å². The van der Waals surface area contributed by atoms with Gasteiger partial charge < -0.3 is 11.5 Å².